The summed E-state index contributed by atoms with van der Waals surface area (Å²) >= 11 is 0. The fourth-order valence-electron chi connectivity index (χ4n) is 2.48. The van der Waals surface area contributed by atoms with Gasteiger partial charge in [0.05, 0.1) is 0 Å². The third kappa shape index (κ3) is 5.04. The van der Waals surface area contributed by atoms with E-state index in [-0.39, 0.29) is 36.0 Å². The zero-order valence-corrected chi connectivity index (χ0v) is 14.1. The van der Waals surface area contributed by atoms with Crippen molar-refractivity contribution in [2.75, 3.05) is 13.1 Å². The number of amides is 1. The summed E-state index contributed by atoms with van der Waals surface area (Å²) in [4.78, 5) is 14.3. The fourth-order valence-corrected chi connectivity index (χ4v) is 2.48. The normalized spacial score (nSPS) is 16.9. The summed E-state index contributed by atoms with van der Waals surface area (Å²) < 4.78 is 32.2. The molecule has 1 atom stereocenters. The Morgan fingerprint density at radius 3 is 2.43 bits per heavy atom. The van der Waals surface area contributed by atoms with Gasteiger partial charge in [-0.3, -0.25) is 4.79 Å². The molecule has 0 spiro atoms. The van der Waals surface area contributed by atoms with Crippen LogP contribution in [-0.2, 0) is 4.79 Å². The van der Waals surface area contributed by atoms with E-state index in [0.29, 0.717) is 13.1 Å². The molecular weight excluding hydrogens is 326 g/mol. The maximum Gasteiger partial charge on any atom is 0.263 e. The van der Waals surface area contributed by atoms with Crippen molar-refractivity contribution in [2.24, 2.45) is 11.7 Å². The Balaban J connectivity index is 0.00000264. The van der Waals surface area contributed by atoms with Crippen LogP contribution in [0.15, 0.2) is 18.2 Å². The Morgan fingerprint density at radius 1 is 1.30 bits per heavy atom. The highest BCUT2D eigenvalue weighted by Gasteiger charge is 2.31. The Kier molecular flexibility index (Phi) is 7.22. The number of hydrogen-bond donors (Lipinski definition) is 1. The molecule has 1 saturated heterocycles. The first-order valence-corrected chi connectivity index (χ1v) is 7.54. The Bertz CT molecular complexity index is 535. The molecule has 1 aromatic rings. The third-order valence-corrected chi connectivity index (χ3v) is 3.85. The van der Waals surface area contributed by atoms with Gasteiger partial charge < -0.3 is 15.4 Å². The van der Waals surface area contributed by atoms with Crippen LogP contribution in [0.5, 0.6) is 5.75 Å². The van der Waals surface area contributed by atoms with Crippen molar-refractivity contribution in [3.8, 4) is 5.75 Å². The number of carbonyl (C=O) groups is 1. The number of nitrogens with two attached hydrogens (primary N) is 1. The lowest BCUT2D eigenvalue weighted by atomic mass is 10.0. The highest BCUT2D eigenvalue weighted by molar-refractivity contribution is 5.85. The van der Waals surface area contributed by atoms with Gasteiger partial charge in [0.25, 0.3) is 5.91 Å². The molecule has 2 rings (SSSR count). The number of likely N-dealkylation sites (tertiary alicyclic amines) is 1. The van der Waals surface area contributed by atoms with Gasteiger partial charge in [0.1, 0.15) is 5.82 Å². The molecule has 1 aromatic carbocycles. The summed E-state index contributed by atoms with van der Waals surface area (Å²) in [6, 6.07) is 3.19. The fraction of sp³-hybridized carbons (Fsp3) is 0.562. The molecule has 1 fully saturated rings. The minimum atomic E-state index is -0.806. The predicted molar refractivity (Wildman–Crippen MR) is 86.6 cm³/mol. The van der Waals surface area contributed by atoms with Crippen LogP contribution in [0.1, 0.15) is 26.7 Å². The van der Waals surface area contributed by atoms with E-state index in [4.69, 9.17) is 10.5 Å². The van der Waals surface area contributed by atoms with Gasteiger partial charge in [-0.25, -0.2) is 8.78 Å². The topological polar surface area (TPSA) is 55.6 Å². The standard InChI is InChI=1S/C16H22F2N2O2.ClH/c1-10(2)15(16(21)20-7-5-12(19)6-8-20)22-14-4-3-11(17)9-13(14)18;/h3-4,9-10,12,15H,5-8,19H2,1-2H3;1H. The van der Waals surface area contributed by atoms with Crippen LogP contribution in [-0.4, -0.2) is 36.0 Å². The van der Waals surface area contributed by atoms with E-state index in [9.17, 15) is 13.6 Å². The van der Waals surface area contributed by atoms with E-state index in [2.05, 4.69) is 0 Å². The number of ether oxygens (including phenoxy) is 1. The molecule has 1 heterocycles. The molecule has 0 radical (unpaired) electrons. The summed E-state index contributed by atoms with van der Waals surface area (Å²) in [5.74, 6) is -1.90. The van der Waals surface area contributed by atoms with E-state index in [0.717, 1.165) is 25.0 Å². The average molecular weight is 349 g/mol. The largest absolute Gasteiger partial charge is 0.477 e. The quantitative estimate of drug-likeness (QED) is 0.910. The molecule has 0 saturated carbocycles. The maximum absolute atomic E-state index is 13.7. The van der Waals surface area contributed by atoms with Crippen molar-refractivity contribution in [1.29, 1.82) is 0 Å². The highest BCUT2D eigenvalue weighted by Crippen LogP contribution is 2.23. The zero-order valence-electron chi connectivity index (χ0n) is 13.3. The van der Waals surface area contributed by atoms with Gasteiger partial charge in [0.2, 0.25) is 0 Å². The van der Waals surface area contributed by atoms with E-state index in [1.165, 1.54) is 6.07 Å². The van der Waals surface area contributed by atoms with Crippen LogP contribution in [0.25, 0.3) is 0 Å². The molecule has 1 unspecified atom stereocenters. The molecule has 1 amide bonds. The maximum atomic E-state index is 13.7. The lowest BCUT2D eigenvalue weighted by Gasteiger charge is -2.34. The molecule has 4 nitrogen and oxygen atoms in total. The minimum Gasteiger partial charge on any atom is -0.477 e. The van der Waals surface area contributed by atoms with Crippen LogP contribution >= 0.6 is 12.4 Å². The van der Waals surface area contributed by atoms with E-state index >= 15 is 0 Å². The molecule has 23 heavy (non-hydrogen) atoms. The van der Waals surface area contributed by atoms with Crippen molar-refractivity contribution >= 4 is 18.3 Å². The Morgan fingerprint density at radius 2 is 1.91 bits per heavy atom. The monoisotopic (exact) mass is 348 g/mol. The molecular formula is C16H23ClF2N2O2. The summed E-state index contributed by atoms with van der Waals surface area (Å²) in [5, 5.41) is 0. The first kappa shape index (κ1) is 19.6. The number of halogens is 3. The van der Waals surface area contributed by atoms with Crippen molar-refractivity contribution in [3.63, 3.8) is 0 Å². The predicted octanol–water partition coefficient (Wildman–Crippen LogP) is 2.74. The summed E-state index contributed by atoms with van der Waals surface area (Å²) in [6.07, 6.45) is 0.706. The lowest BCUT2D eigenvalue weighted by molar-refractivity contribution is -0.141. The third-order valence-electron chi connectivity index (χ3n) is 3.85. The second kappa shape index (κ2) is 8.45. The molecule has 0 bridgehead atoms. The average Bonchev–Trinajstić information content (AvgIpc) is 2.46. The van der Waals surface area contributed by atoms with Crippen LogP contribution < -0.4 is 10.5 Å². The lowest BCUT2D eigenvalue weighted by Crippen LogP contribution is -2.49. The van der Waals surface area contributed by atoms with Gasteiger partial charge in [-0.05, 0) is 30.9 Å². The molecule has 1 aliphatic rings. The molecule has 0 aliphatic carbocycles. The molecule has 130 valence electrons. The molecule has 0 aromatic heterocycles. The van der Waals surface area contributed by atoms with Gasteiger partial charge in [0, 0.05) is 25.2 Å². The zero-order chi connectivity index (χ0) is 16.3. The number of hydrogen-bond acceptors (Lipinski definition) is 3. The summed E-state index contributed by atoms with van der Waals surface area (Å²) in [5.41, 5.74) is 5.84. The molecule has 7 heteroatoms. The Hall–Kier alpha value is -1.40. The van der Waals surface area contributed by atoms with Crippen LogP contribution in [0.2, 0.25) is 0 Å². The van der Waals surface area contributed by atoms with Gasteiger partial charge in [-0.2, -0.15) is 0 Å². The van der Waals surface area contributed by atoms with E-state index in [1.807, 2.05) is 13.8 Å². The minimum absolute atomic E-state index is 0. The molecule has 2 N–H and O–H groups in total. The van der Waals surface area contributed by atoms with Crippen LogP contribution in [0, 0.1) is 17.6 Å². The van der Waals surface area contributed by atoms with Crippen LogP contribution in [0.4, 0.5) is 8.78 Å². The Labute approximate surface area is 141 Å². The van der Waals surface area contributed by atoms with Crippen LogP contribution in [0.3, 0.4) is 0 Å². The van der Waals surface area contributed by atoms with Gasteiger partial charge in [0.15, 0.2) is 17.7 Å². The number of benzene rings is 1. The highest BCUT2D eigenvalue weighted by atomic mass is 35.5. The van der Waals surface area contributed by atoms with Crippen molar-refractivity contribution < 1.29 is 18.3 Å². The van der Waals surface area contributed by atoms with E-state index < -0.39 is 17.7 Å². The number of nitrogens with zero attached hydrogens (tertiary/aromatic N) is 1. The number of rotatable bonds is 4. The second-order valence-corrected chi connectivity index (χ2v) is 6.02. The summed E-state index contributed by atoms with van der Waals surface area (Å²) in [6.45, 7) is 4.83. The SMILES string of the molecule is CC(C)C(Oc1ccc(F)cc1F)C(=O)N1CCC(N)CC1.Cl. The molecule has 1 aliphatic heterocycles. The summed E-state index contributed by atoms with van der Waals surface area (Å²) in [7, 11) is 0. The second-order valence-electron chi connectivity index (χ2n) is 6.02. The first-order chi connectivity index (χ1) is 10.4. The number of carbonyl (C=O) groups excluding carboxylic acids is 1. The van der Waals surface area contributed by atoms with Gasteiger partial charge >= 0.3 is 0 Å². The first-order valence-electron chi connectivity index (χ1n) is 7.54. The van der Waals surface area contributed by atoms with Crippen molar-refractivity contribution in [2.45, 2.75) is 38.8 Å². The smallest absolute Gasteiger partial charge is 0.263 e. The van der Waals surface area contributed by atoms with Crippen molar-refractivity contribution in [3.05, 3.63) is 29.8 Å². The number of piperidine rings is 1. The van der Waals surface area contributed by atoms with Crippen molar-refractivity contribution in [1.82, 2.24) is 4.90 Å². The van der Waals surface area contributed by atoms with Gasteiger partial charge in [-0.15, -0.1) is 12.4 Å². The van der Waals surface area contributed by atoms with E-state index in [1.54, 1.807) is 4.90 Å². The van der Waals surface area contributed by atoms with Gasteiger partial charge in [-0.1, -0.05) is 13.8 Å².